The van der Waals surface area contributed by atoms with E-state index >= 15 is 0 Å². The number of carboxylic acid groups (broad SMARTS) is 2. The molecule has 4 aromatic rings. The lowest BCUT2D eigenvalue weighted by atomic mass is 10.1. The Labute approximate surface area is 182 Å². The fourth-order valence-corrected chi connectivity index (χ4v) is 2.84. The van der Waals surface area contributed by atoms with Crippen LogP contribution in [0.15, 0.2) is 72.9 Å². The molecule has 0 atom stereocenters. The van der Waals surface area contributed by atoms with E-state index in [0.717, 1.165) is 0 Å². The first-order chi connectivity index (χ1) is 15.5. The molecular formula is C24H14N4O4. The van der Waals surface area contributed by atoms with Crippen LogP contribution in [0.4, 0.5) is 0 Å². The van der Waals surface area contributed by atoms with Crippen LogP contribution in [-0.2, 0) is 0 Å². The average Bonchev–Trinajstić information content (AvgIpc) is 2.83. The van der Waals surface area contributed by atoms with Gasteiger partial charge in [-0.15, -0.1) is 0 Å². The van der Waals surface area contributed by atoms with Gasteiger partial charge in [0.15, 0.2) is 0 Å². The van der Waals surface area contributed by atoms with Crippen molar-refractivity contribution in [3.8, 4) is 34.6 Å². The molecule has 0 aromatic carbocycles. The second-order valence-corrected chi connectivity index (χ2v) is 6.52. The van der Waals surface area contributed by atoms with Crippen molar-refractivity contribution in [3.63, 3.8) is 0 Å². The van der Waals surface area contributed by atoms with Gasteiger partial charge in [0.05, 0.1) is 22.8 Å². The van der Waals surface area contributed by atoms with Gasteiger partial charge in [-0.25, -0.2) is 24.5 Å². The fourth-order valence-electron chi connectivity index (χ4n) is 2.84. The highest BCUT2D eigenvalue weighted by Gasteiger charge is 2.11. The van der Waals surface area contributed by atoms with Crippen molar-refractivity contribution < 1.29 is 19.8 Å². The van der Waals surface area contributed by atoms with Crippen molar-refractivity contribution >= 4 is 11.9 Å². The number of aromatic nitrogens is 4. The highest BCUT2D eigenvalue weighted by atomic mass is 16.4. The van der Waals surface area contributed by atoms with Crippen LogP contribution in [0, 0.1) is 11.8 Å². The molecule has 0 saturated carbocycles. The molecule has 0 fully saturated rings. The minimum atomic E-state index is -1.17. The van der Waals surface area contributed by atoms with E-state index in [2.05, 4.69) is 31.8 Å². The van der Waals surface area contributed by atoms with Crippen LogP contribution >= 0.6 is 0 Å². The number of nitrogens with zero attached hydrogens (tertiary/aromatic N) is 4. The molecule has 4 heterocycles. The maximum absolute atomic E-state index is 11.5. The smallest absolute Gasteiger partial charge is 0.354 e. The quantitative estimate of drug-likeness (QED) is 0.479. The lowest BCUT2D eigenvalue weighted by molar-refractivity contribution is 0.0680. The Morgan fingerprint density at radius 2 is 1.34 bits per heavy atom. The predicted octanol–water partition coefficient (Wildman–Crippen LogP) is 3.40. The van der Waals surface area contributed by atoms with Crippen LogP contribution in [0.5, 0.6) is 0 Å². The molecule has 0 aliphatic heterocycles. The zero-order chi connectivity index (χ0) is 22.5. The molecule has 8 nitrogen and oxygen atoms in total. The third kappa shape index (κ3) is 4.63. The number of pyridine rings is 4. The van der Waals surface area contributed by atoms with Gasteiger partial charge in [-0.1, -0.05) is 24.1 Å². The van der Waals surface area contributed by atoms with Crippen molar-refractivity contribution in [1.29, 1.82) is 0 Å². The Balaban J connectivity index is 1.70. The first-order valence-corrected chi connectivity index (χ1v) is 9.36. The molecular weight excluding hydrogens is 408 g/mol. The summed E-state index contributed by atoms with van der Waals surface area (Å²) in [5, 5.41) is 18.5. The van der Waals surface area contributed by atoms with Crippen molar-refractivity contribution in [2.75, 3.05) is 0 Å². The van der Waals surface area contributed by atoms with E-state index in [0.29, 0.717) is 34.0 Å². The summed E-state index contributed by atoms with van der Waals surface area (Å²) in [5.74, 6) is 3.53. The van der Waals surface area contributed by atoms with E-state index in [1.54, 1.807) is 60.8 Å². The van der Waals surface area contributed by atoms with E-state index in [1.165, 1.54) is 12.1 Å². The second-order valence-electron chi connectivity index (χ2n) is 6.52. The van der Waals surface area contributed by atoms with Gasteiger partial charge in [0.25, 0.3) is 0 Å². The molecule has 0 aliphatic carbocycles. The molecule has 4 aromatic heterocycles. The van der Waals surface area contributed by atoms with Gasteiger partial charge in [-0.05, 0) is 54.5 Å². The molecule has 0 aliphatic rings. The summed E-state index contributed by atoms with van der Waals surface area (Å²) in [6.07, 6.45) is 1.60. The summed E-state index contributed by atoms with van der Waals surface area (Å²) >= 11 is 0. The third-order valence-electron chi connectivity index (χ3n) is 4.29. The zero-order valence-corrected chi connectivity index (χ0v) is 16.4. The third-order valence-corrected chi connectivity index (χ3v) is 4.29. The van der Waals surface area contributed by atoms with Crippen LogP contribution in [0.1, 0.15) is 32.2 Å². The Hall–Kier alpha value is -4.90. The van der Waals surface area contributed by atoms with Crippen LogP contribution in [0.2, 0.25) is 0 Å². The largest absolute Gasteiger partial charge is 0.477 e. The minimum absolute atomic E-state index is 0.0826. The first-order valence-electron chi connectivity index (χ1n) is 9.36. The van der Waals surface area contributed by atoms with Crippen molar-refractivity contribution in [2.45, 2.75) is 0 Å². The maximum atomic E-state index is 11.5. The highest BCUT2D eigenvalue weighted by molar-refractivity contribution is 5.87. The summed E-state index contributed by atoms with van der Waals surface area (Å²) in [6.45, 7) is 0. The van der Waals surface area contributed by atoms with Crippen molar-refractivity contribution in [1.82, 2.24) is 19.9 Å². The van der Waals surface area contributed by atoms with Gasteiger partial charge < -0.3 is 10.2 Å². The van der Waals surface area contributed by atoms with Gasteiger partial charge in [-0.3, -0.25) is 4.98 Å². The average molecular weight is 422 g/mol. The van der Waals surface area contributed by atoms with E-state index in [4.69, 9.17) is 5.11 Å². The van der Waals surface area contributed by atoms with Gasteiger partial charge in [0, 0.05) is 11.8 Å². The lowest BCUT2D eigenvalue weighted by Crippen LogP contribution is -2.02. The monoisotopic (exact) mass is 422 g/mol. The van der Waals surface area contributed by atoms with Crippen molar-refractivity contribution in [3.05, 3.63) is 95.6 Å². The zero-order valence-electron chi connectivity index (χ0n) is 16.4. The van der Waals surface area contributed by atoms with Gasteiger partial charge in [0.1, 0.15) is 17.1 Å². The first kappa shape index (κ1) is 20.4. The summed E-state index contributed by atoms with van der Waals surface area (Å²) < 4.78 is 0. The van der Waals surface area contributed by atoms with Gasteiger partial charge >= 0.3 is 11.9 Å². The molecule has 154 valence electrons. The molecule has 2 N–H and O–H groups in total. The molecule has 0 amide bonds. The number of aromatic carboxylic acids is 2. The fraction of sp³-hybridized carbons (Fsp3) is 0. The number of hydrogen-bond donors (Lipinski definition) is 2. The highest BCUT2D eigenvalue weighted by Crippen LogP contribution is 2.18. The van der Waals surface area contributed by atoms with E-state index in [9.17, 15) is 14.7 Å². The summed E-state index contributed by atoms with van der Waals surface area (Å²) in [6, 6.07) is 18.1. The number of hydrogen-bond acceptors (Lipinski definition) is 6. The molecule has 32 heavy (non-hydrogen) atoms. The van der Waals surface area contributed by atoms with Crippen LogP contribution in [0.25, 0.3) is 22.8 Å². The molecule has 0 bridgehead atoms. The Kier molecular flexibility index (Phi) is 5.64. The molecule has 0 unspecified atom stereocenters. The molecule has 0 saturated heterocycles. The predicted molar refractivity (Wildman–Crippen MR) is 115 cm³/mol. The van der Waals surface area contributed by atoms with Crippen molar-refractivity contribution in [2.24, 2.45) is 0 Å². The van der Waals surface area contributed by atoms with Gasteiger partial charge in [0.2, 0.25) is 0 Å². The van der Waals surface area contributed by atoms with E-state index < -0.39 is 11.9 Å². The Bertz CT molecular complexity index is 1390. The molecule has 4 rings (SSSR count). The summed E-state index contributed by atoms with van der Waals surface area (Å²) in [7, 11) is 0. The van der Waals surface area contributed by atoms with E-state index in [1.807, 2.05) is 0 Å². The topological polar surface area (TPSA) is 126 Å². The molecule has 0 radical (unpaired) electrons. The van der Waals surface area contributed by atoms with Crippen LogP contribution in [0.3, 0.4) is 0 Å². The number of carbonyl (C=O) groups is 2. The second kappa shape index (κ2) is 8.85. The van der Waals surface area contributed by atoms with Crippen LogP contribution < -0.4 is 0 Å². The normalized spacial score (nSPS) is 10.1. The standard InChI is InChI=1S/C24H14N4O4/c29-23(30)20-9-4-8-19(27-20)18-7-3-5-16(26-18)11-10-15-13-21(17-6-1-2-12-25-17)28-22(14-15)24(31)32/h1-9,12-14H,(H,29,30)(H,31,32). The Morgan fingerprint density at radius 3 is 2.06 bits per heavy atom. The van der Waals surface area contributed by atoms with Gasteiger partial charge in [-0.2, -0.15) is 0 Å². The summed E-state index contributed by atoms with van der Waals surface area (Å²) in [5.41, 5.74) is 2.43. The van der Waals surface area contributed by atoms with Crippen LogP contribution in [-0.4, -0.2) is 42.1 Å². The number of rotatable bonds is 4. The summed E-state index contributed by atoms with van der Waals surface area (Å²) in [4.78, 5) is 39.5. The SMILES string of the molecule is O=C(O)c1cc(C#Cc2cccc(-c3cccc(C(=O)O)n3)n2)cc(-c2ccccn2)n1. The molecule has 0 spiro atoms. The maximum Gasteiger partial charge on any atom is 0.354 e. The molecule has 8 heteroatoms. The lowest BCUT2D eigenvalue weighted by Gasteiger charge is -2.03. The number of carboxylic acids is 2. The minimum Gasteiger partial charge on any atom is -0.477 e. The van der Waals surface area contributed by atoms with E-state index in [-0.39, 0.29) is 11.4 Å². The Morgan fingerprint density at radius 1 is 0.656 bits per heavy atom.